The molecule has 1 fully saturated rings. The maximum absolute atomic E-state index is 12.7. The predicted molar refractivity (Wildman–Crippen MR) is 68.1 cm³/mol. The second kappa shape index (κ2) is 5.66. The number of rotatable bonds is 5. The number of hydrogen-bond donors (Lipinski definition) is 2. The molecule has 1 aromatic carbocycles. The summed E-state index contributed by atoms with van der Waals surface area (Å²) in [7, 11) is -3.72. The highest BCUT2D eigenvalue weighted by molar-refractivity contribution is 7.89. The van der Waals surface area contributed by atoms with E-state index in [9.17, 15) is 17.6 Å². The summed E-state index contributed by atoms with van der Waals surface area (Å²) in [6.45, 7) is 1.48. The minimum Gasteiger partial charge on any atom is -0.316 e. The first-order chi connectivity index (χ1) is 8.94. The van der Waals surface area contributed by atoms with Crippen molar-refractivity contribution in [3.63, 3.8) is 0 Å². The van der Waals surface area contributed by atoms with Crippen molar-refractivity contribution in [1.82, 2.24) is 10.0 Å². The van der Waals surface area contributed by atoms with Crippen molar-refractivity contribution in [2.45, 2.75) is 12.2 Å². The van der Waals surface area contributed by atoms with Gasteiger partial charge in [-0.3, -0.25) is 9.52 Å². The second-order valence-electron chi connectivity index (χ2n) is 4.64. The molecule has 0 atom stereocenters. The van der Waals surface area contributed by atoms with Crippen molar-refractivity contribution in [2.24, 2.45) is 5.92 Å². The van der Waals surface area contributed by atoms with Crippen molar-refractivity contribution >= 4 is 15.9 Å². The molecule has 1 aliphatic rings. The molecule has 19 heavy (non-hydrogen) atoms. The van der Waals surface area contributed by atoms with E-state index < -0.39 is 21.7 Å². The molecule has 5 nitrogen and oxygen atoms in total. The average Bonchev–Trinajstić information content (AvgIpc) is 2.26. The van der Waals surface area contributed by atoms with Gasteiger partial charge in [-0.25, -0.2) is 12.8 Å². The topological polar surface area (TPSA) is 75.3 Å². The molecule has 1 saturated heterocycles. The summed E-state index contributed by atoms with van der Waals surface area (Å²) in [6.07, 6.45) is 0.204. The second-order valence-corrected chi connectivity index (χ2v) is 6.36. The largest absolute Gasteiger partial charge is 0.316 e. The van der Waals surface area contributed by atoms with E-state index in [2.05, 4.69) is 5.32 Å². The molecule has 1 aromatic rings. The zero-order valence-electron chi connectivity index (χ0n) is 10.2. The fourth-order valence-electron chi connectivity index (χ4n) is 1.81. The van der Waals surface area contributed by atoms with Crippen LogP contribution >= 0.6 is 0 Å². The maximum Gasteiger partial charge on any atom is 0.239 e. The number of carbonyl (C=O) groups excluding carboxylic acids is 1. The molecule has 7 heteroatoms. The van der Waals surface area contributed by atoms with Gasteiger partial charge in [-0.1, -0.05) is 12.1 Å². The monoisotopic (exact) mass is 286 g/mol. The molecule has 0 unspecified atom stereocenters. The van der Waals surface area contributed by atoms with Gasteiger partial charge < -0.3 is 5.32 Å². The number of hydrogen-bond acceptors (Lipinski definition) is 4. The van der Waals surface area contributed by atoms with Gasteiger partial charge in [0, 0.05) is 6.42 Å². The molecule has 2 rings (SSSR count). The number of halogens is 1. The van der Waals surface area contributed by atoms with E-state index in [4.69, 9.17) is 0 Å². The standard InChI is InChI=1S/C12H15FN2O3S/c13-11-3-1-9(2-4-11)8-19(17,18)15-12(16)5-10-6-14-7-10/h1-4,10,14H,5-8H2,(H,15,16). The van der Waals surface area contributed by atoms with Crippen molar-refractivity contribution in [3.8, 4) is 0 Å². The third-order valence-corrected chi connectivity index (χ3v) is 4.13. The minimum atomic E-state index is -3.72. The van der Waals surface area contributed by atoms with Gasteiger partial charge in [-0.05, 0) is 36.7 Å². The van der Waals surface area contributed by atoms with Gasteiger partial charge in [0.15, 0.2) is 0 Å². The fourth-order valence-corrected chi connectivity index (χ4v) is 2.94. The van der Waals surface area contributed by atoms with E-state index in [1.54, 1.807) is 0 Å². The van der Waals surface area contributed by atoms with Crippen LogP contribution in [0, 0.1) is 11.7 Å². The quantitative estimate of drug-likeness (QED) is 0.820. The molecule has 0 spiro atoms. The van der Waals surface area contributed by atoms with Gasteiger partial charge in [0.05, 0.1) is 5.75 Å². The molecule has 0 saturated carbocycles. The lowest BCUT2D eigenvalue weighted by Crippen LogP contribution is -2.45. The molecular formula is C12H15FN2O3S. The lowest BCUT2D eigenvalue weighted by molar-refractivity contribution is -0.120. The van der Waals surface area contributed by atoms with Crippen LogP contribution < -0.4 is 10.0 Å². The minimum absolute atomic E-state index is 0.204. The summed E-state index contributed by atoms with van der Waals surface area (Å²) in [5, 5.41) is 3.01. The van der Waals surface area contributed by atoms with Crippen LogP contribution in [0.2, 0.25) is 0 Å². The number of sulfonamides is 1. The van der Waals surface area contributed by atoms with Crippen LogP contribution in [-0.4, -0.2) is 27.4 Å². The van der Waals surface area contributed by atoms with E-state index in [1.165, 1.54) is 24.3 Å². The molecule has 0 bridgehead atoms. The van der Waals surface area contributed by atoms with Gasteiger partial charge in [0.25, 0.3) is 0 Å². The van der Waals surface area contributed by atoms with Crippen LogP contribution in [0.5, 0.6) is 0 Å². The smallest absolute Gasteiger partial charge is 0.239 e. The van der Waals surface area contributed by atoms with Gasteiger partial charge in [-0.15, -0.1) is 0 Å². The summed E-state index contributed by atoms with van der Waals surface area (Å²) in [5.74, 6) is -1.04. The zero-order chi connectivity index (χ0) is 13.9. The summed E-state index contributed by atoms with van der Waals surface area (Å²) in [6, 6.07) is 5.14. The number of carbonyl (C=O) groups is 1. The van der Waals surface area contributed by atoms with Crippen LogP contribution in [0.1, 0.15) is 12.0 Å². The summed E-state index contributed by atoms with van der Waals surface area (Å²) >= 11 is 0. The first kappa shape index (κ1) is 14.0. The third kappa shape index (κ3) is 4.29. The van der Waals surface area contributed by atoms with E-state index in [1.807, 2.05) is 4.72 Å². The fraction of sp³-hybridized carbons (Fsp3) is 0.417. The summed E-state index contributed by atoms with van der Waals surface area (Å²) < 4.78 is 38.2. The highest BCUT2D eigenvalue weighted by Crippen LogP contribution is 2.10. The first-order valence-corrected chi connectivity index (χ1v) is 7.58. The van der Waals surface area contributed by atoms with Crippen molar-refractivity contribution in [2.75, 3.05) is 13.1 Å². The lowest BCUT2D eigenvalue weighted by Gasteiger charge is -2.26. The zero-order valence-corrected chi connectivity index (χ0v) is 11.0. The van der Waals surface area contributed by atoms with E-state index >= 15 is 0 Å². The predicted octanol–water partition coefficient (Wildman–Crippen LogP) is 0.381. The third-order valence-electron chi connectivity index (χ3n) is 2.88. The van der Waals surface area contributed by atoms with Crippen LogP contribution in [0.15, 0.2) is 24.3 Å². The summed E-state index contributed by atoms with van der Waals surface area (Å²) in [4.78, 5) is 11.5. The lowest BCUT2D eigenvalue weighted by atomic mass is 9.99. The van der Waals surface area contributed by atoms with Gasteiger partial charge in [0.1, 0.15) is 5.82 Å². The van der Waals surface area contributed by atoms with Crippen LogP contribution in [0.4, 0.5) is 4.39 Å². The first-order valence-electron chi connectivity index (χ1n) is 5.93. The highest BCUT2D eigenvalue weighted by atomic mass is 32.2. The highest BCUT2D eigenvalue weighted by Gasteiger charge is 2.23. The van der Waals surface area contributed by atoms with Crippen LogP contribution in [-0.2, 0) is 20.6 Å². The van der Waals surface area contributed by atoms with Crippen LogP contribution in [0.3, 0.4) is 0 Å². The molecule has 0 aromatic heterocycles. The number of benzene rings is 1. The van der Waals surface area contributed by atoms with Crippen molar-refractivity contribution in [1.29, 1.82) is 0 Å². The van der Waals surface area contributed by atoms with Gasteiger partial charge in [0.2, 0.25) is 15.9 Å². The molecule has 1 amide bonds. The normalized spacial score (nSPS) is 15.8. The molecule has 0 radical (unpaired) electrons. The molecule has 2 N–H and O–H groups in total. The Balaban J connectivity index is 1.90. The molecule has 1 heterocycles. The maximum atomic E-state index is 12.7. The van der Waals surface area contributed by atoms with E-state index in [0.29, 0.717) is 5.56 Å². The molecular weight excluding hydrogens is 271 g/mol. The van der Waals surface area contributed by atoms with E-state index in [0.717, 1.165) is 13.1 Å². The van der Waals surface area contributed by atoms with E-state index in [-0.39, 0.29) is 18.1 Å². The Morgan fingerprint density at radius 2 is 1.95 bits per heavy atom. The van der Waals surface area contributed by atoms with Crippen molar-refractivity contribution in [3.05, 3.63) is 35.6 Å². The van der Waals surface area contributed by atoms with Crippen molar-refractivity contribution < 1.29 is 17.6 Å². The SMILES string of the molecule is O=C(CC1CNC1)NS(=O)(=O)Cc1ccc(F)cc1. The molecule has 1 aliphatic heterocycles. The average molecular weight is 286 g/mol. The molecule has 104 valence electrons. The van der Waals surface area contributed by atoms with Gasteiger partial charge >= 0.3 is 0 Å². The number of nitrogens with one attached hydrogen (secondary N) is 2. The Morgan fingerprint density at radius 3 is 2.47 bits per heavy atom. The Morgan fingerprint density at radius 1 is 1.32 bits per heavy atom. The number of amides is 1. The van der Waals surface area contributed by atoms with Crippen LogP contribution in [0.25, 0.3) is 0 Å². The Hall–Kier alpha value is -1.47. The summed E-state index contributed by atoms with van der Waals surface area (Å²) in [5.41, 5.74) is 0.437. The van der Waals surface area contributed by atoms with Gasteiger partial charge in [-0.2, -0.15) is 0 Å². The Kier molecular flexibility index (Phi) is 4.16. The Labute approximate surface area is 111 Å². The Bertz CT molecular complexity index is 553. The molecule has 0 aliphatic carbocycles.